The number of nitrogens with two attached hydrogens (primary N) is 1. The lowest BCUT2D eigenvalue weighted by Crippen LogP contribution is -2.47. The summed E-state index contributed by atoms with van der Waals surface area (Å²) >= 11 is 7.76. The number of rotatable bonds is 8. The molecule has 6 nitrogen and oxygen atoms in total. The van der Waals surface area contributed by atoms with Gasteiger partial charge < -0.3 is 25.7 Å². The zero-order valence-corrected chi connectivity index (χ0v) is 16.3. The van der Waals surface area contributed by atoms with Gasteiger partial charge in [-0.1, -0.05) is 35.5 Å². The van der Waals surface area contributed by atoms with Crippen LogP contribution in [0.25, 0.3) is 0 Å². The van der Waals surface area contributed by atoms with Crippen molar-refractivity contribution in [1.82, 2.24) is 0 Å². The number of phenolic OH excluding ortho intramolecular Hbond substituents is 1. The van der Waals surface area contributed by atoms with E-state index >= 15 is 0 Å². The third kappa shape index (κ3) is 6.59. The number of benzene rings is 2. The van der Waals surface area contributed by atoms with Crippen molar-refractivity contribution >= 4 is 31.0 Å². The van der Waals surface area contributed by atoms with Gasteiger partial charge in [-0.3, -0.25) is 4.57 Å². The normalized spacial score (nSPS) is 14.2. The number of halogens is 1. The van der Waals surface area contributed by atoms with Crippen molar-refractivity contribution in [3.8, 4) is 5.75 Å². The van der Waals surface area contributed by atoms with Gasteiger partial charge in [-0.2, -0.15) is 0 Å². The summed E-state index contributed by atoms with van der Waals surface area (Å²) in [6.07, 6.45) is -0.0140. The van der Waals surface area contributed by atoms with E-state index in [0.717, 1.165) is 15.4 Å². The van der Waals surface area contributed by atoms with Gasteiger partial charge in [0.1, 0.15) is 5.75 Å². The minimum absolute atomic E-state index is 0.186. The molecule has 0 amide bonds. The molecule has 1 unspecified atom stereocenters. The third-order valence-corrected chi connectivity index (χ3v) is 6.18. The second-order valence-corrected chi connectivity index (χ2v) is 9.40. The van der Waals surface area contributed by atoms with E-state index in [1.165, 1.54) is 11.8 Å². The van der Waals surface area contributed by atoms with Crippen LogP contribution in [0.2, 0.25) is 5.02 Å². The molecule has 0 saturated carbocycles. The van der Waals surface area contributed by atoms with Gasteiger partial charge in [0.05, 0.1) is 18.3 Å². The van der Waals surface area contributed by atoms with E-state index in [1.807, 2.05) is 18.2 Å². The van der Waals surface area contributed by atoms with E-state index in [9.17, 15) is 14.8 Å². The van der Waals surface area contributed by atoms with Crippen LogP contribution in [-0.2, 0) is 11.0 Å². The number of aryl methyl sites for hydroxylation is 1. The van der Waals surface area contributed by atoms with E-state index in [4.69, 9.17) is 27.1 Å². The predicted molar refractivity (Wildman–Crippen MR) is 103 cm³/mol. The lowest BCUT2D eigenvalue weighted by molar-refractivity contribution is 0.195. The molecular weight excluding hydrogens is 397 g/mol. The zero-order valence-electron chi connectivity index (χ0n) is 13.9. The Bertz CT molecular complexity index is 815. The minimum atomic E-state index is -4.33. The smallest absolute Gasteiger partial charge is 0.327 e. The number of aliphatic hydroxyl groups is 1. The fourth-order valence-electron chi connectivity index (χ4n) is 2.48. The Labute approximate surface area is 161 Å². The molecule has 0 heterocycles. The number of aliphatic hydroxyl groups excluding tert-OH is 1. The molecular formula is C17H21ClNO5PS. The Morgan fingerprint density at radius 2 is 1.85 bits per heavy atom. The van der Waals surface area contributed by atoms with Crippen molar-refractivity contribution < 1.29 is 24.6 Å². The molecule has 1 atom stereocenters. The zero-order chi connectivity index (χ0) is 19.4. The molecule has 0 aromatic heterocycles. The molecule has 2 aromatic rings. The molecule has 0 saturated heterocycles. The summed E-state index contributed by atoms with van der Waals surface area (Å²) in [5, 5.41) is 19.4. The predicted octanol–water partition coefficient (Wildman–Crippen LogP) is 3.00. The van der Waals surface area contributed by atoms with Crippen LogP contribution in [0, 0.1) is 0 Å². The molecule has 0 bridgehead atoms. The van der Waals surface area contributed by atoms with Gasteiger partial charge in [-0.15, -0.1) is 0 Å². The topological polar surface area (TPSA) is 124 Å². The second-order valence-electron chi connectivity index (χ2n) is 6.20. The Kier molecular flexibility index (Phi) is 7.16. The van der Waals surface area contributed by atoms with Crippen LogP contribution < -0.4 is 5.73 Å². The summed E-state index contributed by atoms with van der Waals surface area (Å²) in [7, 11) is -4.33. The lowest BCUT2D eigenvalue weighted by atomic mass is 9.95. The van der Waals surface area contributed by atoms with Crippen LogP contribution in [-0.4, -0.2) is 38.3 Å². The SMILES string of the molecule is NC(CO)(CCc1ccc(Sc2cccc(O)c2)cc1Cl)CP(=O)(O)O. The molecule has 0 aliphatic heterocycles. The van der Waals surface area contributed by atoms with Gasteiger partial charge in [0.15, 0.2) is 0 Å². The van der Waals surface area contributed by atoms with Crippen molar-refractivity contribution in [3.63, 3.8) is 0 Å². The lowest BCUT2D eigenvalue weighted by Gasteiger charge is -2.27. The van der Waals surface area contributed by atoms with Gasteiger partial charge in [0, 0.05) is 14.8 Å². The molecule has 0 fully saturated rings. The first-order chi connectivity index (χ1) is 12.1. The highest BCUT2D eigenvalue weighted by Gasteiger charge is 2.32. The Hall–Kier alpha value is -1.05. The molecule has 142 valence electrons. The third-order valence-electron chi connectivity index (χ3n) is 3.81. The van der Waals surface area contributed by atoms with Gasteiger partial charge in [-0.25, -0.2) is 0 Å². The summed E-state index contributed by atoms with van der Waals surface area (Å²) in [5.74, 6) is 0.186. The van der Waals surface area contributed by atoms with Crippen LogP contribution in [0.15, 0.2) is 52.3 Å². The quantitative estimate of drug-likeness (QED) is 0.418. The number of hydrogen-bond acceptors (Lipinski definition) is 5. The van der Waals surface area contributed by atoms with Crippen LogP contribution in [0.4, 0.5) is 0 Å². The van der Waals surface area contributed by atoms with Gasteiger partial charge in [-0.05, 0) is 48.7 Å². The van der Waals surface area contributed by atoms with Gasteiger partial charge >= 0.3 is 7.60 Å². The van der Waals surface area contributed by atoms with Gasteiger partial charge in [0.25, 0.3) is 0 Å². The molecule has 2 rings (SSSR count). The largest absolute Gasteiger partial charge is 0.508 e. The summed E-state index contributed by atoms with van der Waals surface area (Å²) in [6.45, 7) is -0.527. The highest BCUT2D eigenvalue weighted by atomic mass is 35.5. The maximum Gasteiger partial charge on any atom is 0.327 e. The molecule has 0 aliphatic carbocycles. The van der Waals surface area contributed by atoms with Gasteiger partial charge in [0.2, 0.25) is 0 Å². The molecule has 2 aromatic carbocycles. The maximum absolute atomic E-state index is 11.2. The highest BCUT2D eigenvalue weighted by Crippen LogP contribution is 2.39. The second kappa shape index (κ2) is 8.76. The Morgan fingerprint density at radius 3 is 2.42 bits per heavy atom. The average molecular weight is 418 g/mol. The average Bonchev–Trinajstić information content (AvgIpc) is 2.52. The Morgan fingerprint density at radius 1 is 1.15 bits per heavy atom. The summed E-state index contributed by atoms with van der Waals surface area (Å²) in [6, 6.07) is 12.4. The van der Waals surface area contributed by atoms with Crippen molar-refractivity contribution in [2.24, 2.45) is 5.73 Å². The molecule has 0 spiro atoms. The first-order valence-corrected chi connectivity index (χ1v) is 10.8. The monoisotopic (exact) mass is 417 g/mol. The molecule has 6 N–H and O–H groups in total. The molecule has 9 heteroatoms. The maximum atomic E-state index is 11.2. The van der Waals surface area contributed by atoms with E-state index in [0.29, 0.717) is 11.4 Å². The van der Waals surface area contributed by atoms with Crippen LogP contribution >= 0.6 is 31.0 Å². The minimum Gasteiger partial charge on any atom is -0.508 e. The molecule has 0 radical (unpaired) electrons. The first-order valence-electron chi connectivity index (χ1n) is 7.80. The van der Waals surface area contributed by atoms with Crippen LogP contribution in [0.1, 0.15) is 12.0 Å². The summed E-state index contributed by atoms with van der Waals surface area (Å²) in [5.41, 5.74) is 5.33. The molecule has 26 heavy (non-hydrogen) atoms. The first kappa shape index (κ1) is 21.3. The van der Waals surface area contributed by atoms with E-state index < -0.39 is 25.9 Å². The van der Waals surface area contributed by atoms with Crippen molar-refractivity contribution in [2.75, 3.05) is 12.8 Å². The van der Waals surface area contributed by atoms with E-state index in [2.05, 4.69) is 0 Å². The van der Waals surface area contributed by atoms with Crippen molar-refractivity contribution in [2.45, 2.75) is 28.2 Å². The summed E-state index contributed by atoms with van der Waals surface area (Å²) in [4.78, 5) is 20.0. The Balaban J connectivity index is 2.06. The van der Waals surface area contributed by atoms with E-state index in [-0.39, 0.29) is 12.2 Å². The fraction of sp³-hybridized carbons (Fsp3) is 0.294. The van der Waals surface area contributed by atoms with Crippen LogP contribution in [0.3, 0.4) is 0 Å². The molecule has 0 aliphatic rings. The number of phenols is 1. The standard InChI is InChI=1S/C17H21ClNO5PS/c18-16-9-15(26-14-3-1-2-13(21)8-14)5-4-12(16)6-7-17(19,10-20)11-25(22,23)24/h1-5,8-9,20-21H,6-7,10-11,19H2,(H2,22,23,24). The fourth-order valence-corrected chi connectivity index (χ4v) is 4.81. The van der Waals surface area contributed by atoms with Crippen molar-refractivity contribution in [3.05, 3.63) is 53.1 Å². The highest BCUT2D eigenvalue weighted by molar-refractivity contribution is 7.99. The van der Waals surface area contributed by atoms with Crippen molar-refractivity contribution in [1.29, 1.82) is 0 Å². The van der Waals surface area contributed by atoms with E-state index in [1.54, 1.807) is 24.3 Å². The number of aromatic hydroxyl groups is 1. The summed E-state index contributed by atoms with van der Waals surface area (Å²) < 4.78 is 11.2. The number of hydrogen-bond donors (Lipinski definition) is 5. The van der Waals surface area contributed by atoms with Crippen LogP contribution in [0.5, 0.6) is 5.75 Å².